The Morgan fingerprint density at radius 1 is 1.14 bits per heavy atom. The van der Waals surface area contributed by atoms with Gasteiger partial charge < -0.3 is 24.9 Å². The Hall–Kier alpha value is -2.83. The first kappa shape index (κ1) is 25.8. The van der Waals surface area contributed by atoms with Gasteiger partial charge >= 0.3 is 0 Å². The molecule has 6 nitrogen and oxygen atoms in total. The van der Waals surface area contributed by atoms with Crippen LogP contribution in [0.25, 0.3) is 22.0 Å². The fourth-order valence-electron chi connectivity index (χ4n) is 5.92. The van der Waals surface area contributed by atoms with E-state index in [2.05, 4.69) is 30.1 Å². The first-order valence-electron chi connectivity index (χ1n) is 13.4. The second-order valence-electron chi connectivity index (χ2n) is 10.4. The summed E-state index contributed by atoms with van der Waals surface area (Å²) in [6.45, 7) is 6.67. The zero-order chi connectivity index (χ0) is 26.2. The molecule has 1 aromatic heterocycles. The van der Waals surface area contributed by atoms with Gasteiger partial charge in [0.05, 0.1) is 23.1 Å². The molecule has 196 valence electrons. The van der Waals surface area contributed by atoms with Gasteiger partial charge in [-0.05, 0) is 87.0 Å². The van der Waals surface area contributed by atoms with E-state index < -0.39 is 5.41 Å². The van der Waals surface area contributed by atoms with Crippen molar-refractivity contribution in [3.63, 3.8) is 0 Å². The van der Waals surface area contributed by atoms with Crippen molar-refractivity contribution < 1.29 is 14.6 Å². The Morgan fingerprint density at radius 3 is 2.49 bits per heavy atom. The number of aldehydes is 1. The molecule has 2 fully saturated rings. The third kappa shape index (κ3) is 4.89. The highest BCUT2D eigenvalue weighted by atomic mass is 35.5. The summed E-state index contributed by atoms with van der Waals surface area (Å²) < 4.78 is 5.33. The van der Waals surface area contributed by atoms with Crippen molar-refractivity contribution in [2.75, 3.05) is 25.5 Å². The van der Waals surface area contributed by atoms with E-state index in [-0.39, 0.29) is 10.8 Å². The van der Waals surface area contributed by atoms with Gasteiger partial charge in [-0.1, -0.05) is 31.5 Å². The number of fused-ring (bicyclic) bond motifs is 1. The molecule has 0 unspecified atom stereocenters. The highest BCUT2D eigenvalue weighted by Crippen LogP contribution is 2.51. The maximum Gasteiger partial charge on any atom is 0.176 e. The molecule has 1 heterocycles. The molecule has 0 saturated heterocycles. The van der Waals surface area contributed by atoms with Crippen LogP contribution in [0.2, 0.25) is 5.02 Å². The molecule has 2 N–H and O–H groups in total. The molecule has 0 bridgehead atoms. The van der Waals surface area contributed by atoms with E-state index in [1.807, 2.05) is 18.3 Å². The summed E-state index contributed by atoms with van der Waals surface area (Å²) in [5.41, 5.74) is 4.25. The number of anilines is 1. The van der Waals surface area contributed by atoms with Crippen LogP contribution in [-0.4, -0.2) is 53.6 Å². The van der Waals surface area contributed by atoms with Gasteiger partial charge in [0.1, 0.15) is 6.29 Å². The number of hydrogen-bond donors (Lipinski definition) is 2. The summed E-state index contributed by atoms with van der Waals surface area (Å²) in [7, 11) is 1.51. The average Bonchev–Trinajstić information content (AvgIpc) is 3.73. The standard InChI is InChI=1S/C30H36ClN3O3/c1-4-34(5-2)22-9-7-21(8-10-22)33-28-23-14-19(20-15-25(31)29(36)27(16-20)37-3)6-11-26(23)32-17-24(28)30(18-35)12-13-30/h6,11,14-18,21-22,36H,4-5,7-10,12-13H2,1-3H3,(H,32,33)/t21-,22+. The minimum atomic E-state index is -0.441. The lowest BCUT2D eigenvalue weighted by molar-refractivity contribution is -0.109. The summed E-state index contributed by atoms with van der Waals surface area (Å²) in [6.07, 6.45) is 9.27. The molecular formula is C30H36ClN3O3. The monoisotopic (exact) mass is 521 g/mol. The number of hydrogen-bond acceptors (Lipinski definition) is 6. The number of nitrogens with zero attached hydrogens (tertiary/aromatic N) is 2. The lowest BCUT2D eigenvalue weighted by atomic mass is 9.88. The SMILES string of the molecule is CCN(CC)[C@H]1CC[C@@H](Nc2c(C3(C=O)CC3)cnc3ccc(-c4cc(Cl)c(O)c(OC)c4)cc23)CC1. The Morgan fingerprint density at radius 2 is 1.86 bits per heavy atom. The molecule has 2 saturated carbocycles. The van der Waals surface area contributed by atoms with Crippen molar-refractivity contribution >= 4 is 34.5 Å². The number of halogens is 1. The zero-order valence-electron chi connectivity index (χ0n) is 21.9. The normalized spacial score (nSPS) is 20.7. The van der Waals surface area contributed by atoms with Crippen LogP contribution < -0.4 is 10.1 Å². The van der Waals surface area contributed by atoms with Gasteiger partial charge in [-0.25, -0.2) is 0 Å². The average molecular weight is 522 g/mol. The molecule has 3 aromatic rings. The molecule has 5 rings (SSSR count). The van der Waals surface area contributed by atoms with Gasteiger partial charge in [0.25, 0.3) is 0 Å². The Balaban J connectivity index is 1.54. The van der Waals surface area contributed by atoms with Crippen LogP contribution in [0.5, 0.6) is 11.5 Å². The number of methoxy groups -OCH3 is 1. The summed E-state index contributed by atoms with van der Waals surface area (Å²) in [6, 6.07) is 10.6. The van der Waals surface area contributed by atoms with Crippen LogP contribution in [0.1, 0.15) is 57.9 Å². The van der Waals surface area contributed by atoms with E-state index in [0.29, 0.717) is 17.8 Å². The second kappa shape index (κ2) is 10.5. The number of phenolic OH excluding ortho intramolecular Hbond substituents is 1. The van der Waals surface area contributed by atoms with E-state index >= 15 is 0 Å². The maximum atomic E-state index is 12.2. The summed E-state index contributed by atoms with van der Waals surface area (Å²) in [5.74, 6) is 0.262. The Kier molecular flexibility index (Phi) is 7.32. The van der Waals surface area contributed by atoms with Crippen molar-refractivity contribution in [1.82, 2.24) is 9.88 Å². The number of ether oxygens (including phenoxy) is 1. The molecular weight excluding hydrogens is 486 g/mol. The van der Waals surface area contributed by atoms with Crippen molar-refractivity contribution in [1.29, 1.82) is 0 Å². The predicted molar refractivity (Wildman–Crippen MR) is 150 cm³/mol. The number of pyridine rings is 1. The van der Waals surface area contributed by atoms with Crippen LogP contribution in [0, 0.1) is 0 Å². The minimum Gasteiger partial charge on any atom is -0.503 e. The fourth-order valence-corrected chi connectivity index (χ4v) is 6.13. The summed E-state index contributed by atoms with van der Waals surface area (Å²) in [4.78, 5) is 19.5. The third-order valence-electron chi connectivity index (χ3n) is 8.37. The van der Waals surface area contributed by atoms with Crippen LogP contribution >= 0.6 is 11.6 Å². The van der Waals surface area contributed by atoms with Crippen molar-refractivity contribution in [2.24, 2.45) is 0 Å². The van der Waals surface area contributed by atoms with E-state index in [1.54, 1.807) is 12.1 Å². The topological polar surface area (TPSA) is 74.7 Å². The molecule has 2 aliphatic rings. The second-order valence-corrected chi connectivity index (χ2v) is 10.8. The first-order valence-corrected chi connectivity index (χ1v) is 13.8. The lowest BCUT2D eigenvalue weighted by Gasteiger charge is -2.37. The Labute approximate surface area is 224 Å². The molecule has 0 aliphatic heterocycles. The quantitative estimate of drug-likeness (QED) is 0.310. The Bertz CT molecular complexity index is 1290. The number of aromatic nitrogens is 1. The molecule has 2 aliphatic carbocycles. The largest absolute Gasteiger partial charge is 0.503 e. The molecule has 0 amide bonds. The number of nitrogens with one attached hydrogen (secondary N) is 1. The zero-order valence-corrected chi connectivity index (χ0v) is 22.6. The van der Waals surface area contributed by atoms with E-state index in [4.69, 9.17) is 21.3 Å². The number of carbonyl (C=O) groups excluding carboxylic acids is 1. The summed E-state index contributed by atoms with van der Waals surface area (Å²) >= 11 is 6.30. The minimum absolute atomic E-state index is 0.0676. The van der Waals surface area contributed by atoms with Crippen LogP contribution in [0.4, 0.5) is 5.69 Å². The predicted octanol–water partition coefficient (Wildman–Crippen LogP) is 6.56. The molecule has 0 atom stereocenters. The van der Waals surface area contributed by atoms with Gasteiger partial charge in [-0.15, -0.1) is 0 Å². The van der Waals surface area contributed by atoms with Gasteiger partial charge in [0.15, 0.2) is 11.5 Å². The smallest absolute Gasteiger partial charge is 0.176 e. The van der Waals surface area contributed by atoms with Gasteiger partial charge in [-0.3, -0.25) is 4.98 Å². The number of carbonyl (C=O) groups is 1. The lowest BCUT2D eigenvalue weighted by Crippen LogP contribution is -2.40. The molecule has 7 heteroatoms. The van der Waals surface area contributed by atoms with Gasteiger partial charge in [0.2, 0.25) is 0 Å². The van der Waals surface area contributed by atoms with Crippen LogP contribution in [0.3, 0.4) is 0 Å². The van der Waals surface area contributed by atoms with Gasteiger partial charge in [0, 0.05) is 34.9 Å². The van der Waals surface area contributed by atoms with Crippen LogP contribution in [-0.2, 0) is 10.2 Å². The molecule has 2 aromatic carbocycles. The highest BCUT2D eigenvalue weighted by Gasteiger charge is 2.46. The third-order valence-corrected chi connectivity index (χ3v) is 8.66. The van der Waals surface area contributed by atoms with Crippen LogP contribution in [0.15, 0.2) is 36.5 Å². The number of phenols is 1. The van der Waals surface area contributed by atoms with Gasteiger partial charge in [-0.2, -0.15) is 0 Å². The molecule has 37 heavy (non-hydrogen) atoms. The molecule has 0 spiro atoms. The maximum absolute atomic E-state index is 12.2. The number of benzene rings is 2. The summed E-state index contributed by atoms with van der Waals surface area (Å²) in [5, 5.41) is 15.3. The van der Waals surface area contributed by atoms with E-state index in [0.717, 1.165) is 78.3 Å². The van der Waals surface area contributed by atoms with Crippen molar-refractivity contribution in [3.8, 4) is 22.6 Å². The fraction of sp³-hybridized carbons (Fsp3) is 0.467. The van der Waals surface area contributed by atoms with E-state index in [1.165, 1.54) is 20.0 Å². The van der Waals surface area contributed by atoms with E-state index in [9.17, 15) is 9.90 Å². The molecule has 0 radical (unpaired) electrons. The first-order chi connectivity index (χ1) is 17.9. The number of rotatable bonds is 9. The highest BCUT2D eigenvalue weighted by molar-refractivity contribution is 6.32. The van der Waals surface area contributed by atoms with Crippen molar-refractivity contribution in [3.05, 3.63) is 47.1 Å². The van der Waals surface area contributed by atoms with Crippen molar-refractivity contribution in [2.45, 2.75) is 69.9 Å². The number of aromatic hydroxyl groups is 1.